The first-order valence-electron chi connectivity index (χ1n) is 5.30. The lowest BCUT2D eigenvalue weighted by molar-refractivity contribution is -0.124. The largest absolute Gasteiger partial charge is 0.353 e. The molecular formula is C11H16N4O. The van der Waals surface area contributed by atoms with Gasteiger partial charge in [-0.05, 0) is 12.0 Å². The molecule has 0 radical (unpaired) electrons. The highest BCUT2D eigenvalue weighted by atomic mass is 16.1. The van der Waals surface area contributed by atoms with E-state index in [4.69, 9.17) is 5.26 Å². The maximum Gasteiger partial charge on any atom is 0.237 e. The van der Waals surface area contributed by atoms with Gasteiger partial charge in [0.15, 0.2) is 0 Å². The molecule has 5 heteroatoms. The summed E-state index contributed by atoms with van der Waals surface area (Å²) in [6.07, 6.45) is 3.52. The molecule has 0 bridgehead atoms. The van der Waals surface area contributed by atoms with E-state index in [1.807, 2.05) is 32.2 Å². The van der Waals surface area contributed by atoms with Crippen LogP contribution in [0.4, 0.5) is 0 Å². The third kappa shape index (κ3) is 3.39. The van der Waals surface area contributed by atoms with Crippen molar-refractivity contribution in [2.45, 2.75) is 20.4 Å². The Hall–Kier alpha value is -1.83. The van der Waals surface area contributed by atoms with E-state index < -0.39 is 5.92 Å². The van der Waals surface area contributed by atoms with Crippen molar-refractivity contribution in [3.8, 4) is 6.07 Å². The Morgan fingerprint density at radius 2 is 2.38 bits per heavy atom. The van der Waals surface area contributed by atoms with E-state index in [1.54, 1.807) is 10.9 Å². The number of carbonyl (C=O) groups is 1. The molecule has 0 aromatic carbocycles. The Morgan fingerprint density at radius 3 is 2.88 bits per heavy atom. The summed E-state index contributed by atoms with van der Waals surface area (Å²) in [6.45, 7) is 4.84. The minimum atomic E-state index is -0.572. The molecule has 1 unspecified atom stereocenters. The molecule has 1 aromatic heterocycles. The van der Waals surface area contributed by atoms with Crippen molar-refractivity contribution in [1.29, 1.82) is 5.26 Å². The fourth-order valence-corrected chi connectivity index (χ4v) is 1.35. The van der Waals surface area contributed by atoms with Crippen LogP contribution in [0.1, 0.15) is 13.8 Å². The second-order valence-electron chi connectivity index (χ2n) is 3.91. The summed E-state index contributed by atoms with van der Waals surface area (Å²) in [5.41, 5.74) is 0. The molecule has 0 spiro atoms. The molecule has 0 saturated carbocycles. The number of carbonyl (C=O) groups excluding carboxylic acids is 1. The van der Waals surface area contributed by atoms with Gasteiger partial charge in [0.1, 0.15) is 5.92 Å². The third-order valence-electron chi connectivity index (χ3n) is 2.29. The lowest BCUT2D eigenvalue weighted by Gasteiger charge is -2.12. The SMILES string of the molecule is CC(C)C(C#N)C(=O)NCCn1cccn1. The smallest absolute Gasteiger partial charge is 0.237 e. The van der Waals surface area contributed by atoms with E-state index in [9.17, 15) is 4.79 Å². The Balaban J connectivity index is 2.33. The van der Waals surface area contributed by atoms with Crippen molar-refractivity contribution in [2.24, 2.45) is 11.8 Å². The summed E-state index contributed by atoms with van der Waals surface area (Å²) in [7, 11) is 0. The maximum atomic E-state index is 11.6. The number of rotatable bonds is 5. The van der Waals surface area contributed by atoms with Crippen molar-refractivity contribution in [3.05, 3.63) is 18.5 Å². The fourth-order valence-electron chi connectivity index (χ4n) is 1.35. The molecule has 16 heavy (non-hydrogen) atoms. The minimum Gasteiger partial charge on any atom is -0.353 e. The number of amides is 1. The van der Waals surface area contributed by atoms with Gasteiger partial charge in [0.05, 0.1) is 12.6 Å². The summed E-state index contributed by atoms with van der Waals surface area (Å²) < 4.78 is 1.73. The zero-order valence-electron chi connectivity index (χ0n) is 9.55. The number of hydrogen-bond acceptors (Lipinski definition) is 3. The second-order valence-corrected chi connectivity index (χ2v) is 3.91. The Bertz CT molecular complexity index is 364. The van der Waals surface area contributed by atoms with Crippen molar-refractivity contribution < 1.29 is 4.79 Å². The van der Waals surface area contributed by atoms with Crippen LogP contribution in [-0.4, -0.2) is 22.2 Å². The highest BCUT2D eigenvalue weighted by Gasteiger charge is 2.20. The van der Waals surface area contributed by atoms with Crippen molar-refractivity contribution in [2.75, 3.05) is 6.54 Å². The van der Waals surface area contributed by atoms with Gasteiger partial charge in [-0.15, -0.1) is 0 Å². The molecule has 0 aliphatic carbocycles. The van der Waals surface area contributed by atoms with Crippen LogP contribution in [0.5, 0.6) is 0 Å². The molecule has 1 aromatic rings. The molecule has 0 aliphatic rings. The fraction of sp³-hybridized carbons (Fsp3) is 0.545. The molecule has 1 amide bonds. The molecule has 86 valence electrons. The minimum absolute atomic E-state index is 0.0368. The van der Waals surface area contributed by atoms with Gasteiger partial charge < -0.3 is 5.32 Å². The molecule has 0 aliphatic heterocycles. The summed E-state index contributed by atoms with van der Waals surface area (Å²) >= 11 is 0. The van der Waals surface area contributed by atoms with Crippen LogP contribution in [0.2, 0.25) is 0 Å². The van der Waals surface area contributed by atoms with Gasteiger partial charge in [0.25, 0.3) is 0 Å². The summed E-state index contributed by atoms with van der Waals surface area (Å²) in [5, 5.41) is 15.6. The van der Waals surface area contributed by atoms with Crippen molar-refractivity contribution >= 4 is 5.91 Å². The summed E-state index contributed by atoms with van der Waals surface area (Å²) in [4.78, 5) is 11.6. The van der Waals surface area contributed by atoms with E-state index in [2.05, 4.69) is 10.4 Å². The molecular weight excluding hydrogens is 204 g/mol. The van der Waals surface area contributed by atoms with Crippen LogP contribution < -0.4 is 5.32 Å². The van der Waals surface area contributed by atoms with E-state index >= 15 is 0 Å². The molecule has 1 heterocycles. The van der Waals surface area contributed by atoms with Crippen LogP contribution in [0.15, 0.2) is 18.5 Å². The third-order valence-corrected chi connectivity index (χ3v) is 2.29. The van der Waals surface area contributed by atoms with E-state index in [0.717, 1.165) is 0 Å². The molecule has 1 atom stereocenters. The van der Waals surface area contributed by atoms with Crippen LogP contribution in [-0.2, 0) is 11.3 Å². The average Bonchev–Trinajstić information content (AvgIpc) is 2.71. The van der Waals surface area contributed by atoms with Gasteiger partial charge in [-0.1, -0.05) is 13.8 Å². The molecule has 0 fully saturated rings. The zero-order chi connectivity index (χ0) is 12.0. The second kappa shape index (κ2) is 5.91. The van der Waals surface area contributed by atoms with E-state index in [0.29, 0.717) is 13.1 Å². The predicted octanol–water partition coefficient (Wildman–Crippen LogP) is 0.795. The Morgan fingerprint density at radius 1 is 1.62 bits per heavy atom. The van der Waals surface area contributed by atoms with Crippen molar-refractivity contribution in [1.82, 2.24) is 15.1 Å². The number of nitrogens with one attached hydrogen (secondary N) is 1. The quantitative estimate of drug-likeness (QED) is 0.797. The molecule has 0 saturated heterocycles. The number of nitrogens with zero attached hydrogens (tertiary/aromatic N) is 3. The monoisotopic (exact) mass is 220 g/mol. The van der Waals surface area contributed by atoms with Gasteiger partial charge in [-0.2, -0.15) is 10.4 Å². The zero-order valence-corrected chi connectivity index (χ0v) is 9.55. The first-order chi connectivity index (χ1) is 7.65. The number of aromatic nitrogens is 2. The molecule has 1 N–H and O–H groups in total. The maximum absolute atomic E-state index is 11.6. The van der Waals surface area contributed by atoms with E-state index in [-0.39, 0.29) is 11.8 Å². The van der Waals surface area contributed by atoms with Crippen molar-refractivity contribution in [3.63, 3.8) is 0 Å². The Kier molecular flexibility index (Phi) is 4.52. The predicted molar refractivity (Wildman–Crippen MR) is 59.2 cm³/mol. The van der Waals surface area contributed by atoms with Gasteiger partial charge in [0, 0.05) is 18.9 Å². The van der Waals surface area contributed by atoms with E-state index in [1.165, 1.54) is 0 Å². The molecule has 5 nitrogen and oxygen atoms in total. The number of hydrogen-bond donors (Lipinski definition) is 1. The standard InChI is InChI=1S/C11H16N4O/c1-9(2)10(8-12)11(16)13-5-7-15-6-3-4-14-15/h3-4,6,9-10H,5,7H2,1-2H3,(H,13,16). The lowest BCUT2D eigenvalue weighted by Crippen LogP contribution is -2.34. The van der Waals surface area contributed by atoms with Crippen LogP contribution >= 0.6 is 0 Å². The van der Waals surface area contributed by atoms with Gasteiger partial charge in [-0.3, -0.25) is 9.48 Å². The normalized spacial score (nSPS) is 12.1. The van der Waals surface area contributed by atoms with Gasteiger partial charge >= 0.3 is 0 Å². The molecule has 1 rings (SSSR count). The van der Waals surface area contributed by atoms with Gasteiger partial charge in [-0.25, -0.2) is 0 Å². The van der Waals surface area contributed by atoms with Crippen LogP contribution in [0, 0.1) is 23.2 Å². The summed E-state index contributed by atoms with van der Waals surface area (Å²) in [5.74, 6) is -0.739. The van der Waals surface area contributed by atoms with Crippen LogP contribution in [0.25, 0.3) is 0 Å². The average molecular weight is 220 g/mol. The first kappa shape index (κ1) is 12.2. The topological polar surface area (TPSA) is 70.7 Å². The highest BCUT2D eigenvalue weighted by molar-refractivity contribution is 5.81. The lowest BCUT2D eigenvalue weighted by atomic mass is 9.97. The first-order valence-corrected chi connectivity index (χ1v) is 5.30. The number of nitriles is 1. The Labute approximate surface area is 95.1 Å². The van der Waals surface area contributed by atoms with Crippen LogP contribution in [0.3, 0.4) is 0 Å². The highest BCUT2D eigenvalue weighted by Crippen LogP contribution is 2.08. The van der Waals surface area contributed by atoms with Gasteiger partial charge in [0.2, 0.25) is 5.91 Å². The summed E-state index contributed by atoms with van der Waals surface area (Å²) in [6, 6.07) is 3.84.